The SMILES string of the molecule is CC(=O)N1/C(=C/c2ccc(OCC(N)=O)c(Cl)c2)C(=O)c2ccccc21. The summed E-state index contributed by atoms with van der Waals surface area (Å²) in [5.74, 6) is -0.807. The standard InChI is InChI=1S/C19H15ClN2O4/c1-11(23)22-15-5-3-2-4-13(15)19(25)16(22)9-12-6-7-17(14(20)8-12)26-10-18(21)24/h2-9H,10H2,1H3,(H2,21,24)/b16-9+. The Labute approximate surface area is 154 Å². The number of fused-ring (bicyclic) bond motifs is 1. The van der Waals surface area contributed by atoms with Gasteiger partial charge in [-0.2, -0.15) is 0 Å². The molecule has 2 aromatic rings. The van der Waals surface area contributed by atoms with Crippen molar-refractivity contribution in [3.05, 3.63) is 64.3 Å². The molecule has 0 saturated carbocycles. The van der Waals surface area contributed by atoms with Gasteiger partial charge in [0.25, 0.3) is 5.91 Å². The van der Waals surface area contributed by atoms with Crippen molar-refractivity contribution in [2.24, 2.45) is 5.73 Å². The van der Waals surface area contributed by atoms with Crippen LogP contribution in [0.25, 0.3) is 6.08 Å². The van der Waals surface area contributed by atoms with Crippen LogP contribution in [0.5, 0.6) is 5.75 Å². The highest BCUT2D eigenvalue weighted by Crippen LogP contribution is 2.36. The second-order valence-corrected chi connectivity index (χ2v) is 6.08. The number of amides is 2. The lowest BCUT2D eigenvalue weighted by Gasteiger charge is -2.16. The van der Waals surface area contributed by atoms with Gasteiger partial charge in [0.15, 0.2) is 6.61 Å². The first kappa shape index (κ1) is 17.7. The predicted octanol–water partition coefficient (Wildman–Crippen LogP) is 2.79. The number of halogens is 1. The number of ketones is 1. The highest BCUT2D eigenvalue weighted by molar-refractivity contribution is 6.32. The van der Waals surface area contributed by atoms with E-state index in [2.05, 4.69) is 0 Å². The van der Waals surface area contributed by atoms with Crippen LogP contribution in [-0.2, 0) is 9.59 Å². The van der Waals surface area contributed by atoms with Gasteiger partial charge in [0.1, 0.15) is 5.75 Å². The van der Waals surface area contributed by atoms with Gasteiger partial charge in [-0.15, -0.1) is 0 Å². The number of nitrogens with two attached hydrogens (primary N) is 1. The highest BCUT2D eigenvalue weighted by atomic mass is 35.5. The van der Waals surface area contributed by atoms with E-state index in [0.717, 1.165) is 0 Å². The van der Waals surface area contributed by atoms with Crippen molar-refractivity contribution in [3.63, 3.8) is 0 Å². The quantitative estimate of drug-likeness (QED) is 0.838. The van der Waals surface area contributed by atoms with Crippen molar-refractivity contribution in [2.75, 3.05) is 11.5 Å². The molecule has 0 atom stereocenters. The number of Topliss-reactive ketones (excluding diaryl/α,β-unsaturated/α-hetero) is 1. The number of nitrogens with zero attached hydrogens (tertiary/aromatic N) is 1. The Bertz CT molecular complexity index is 952. The molecule has 0 bridgehead atoms. The van der Waals surface area contributed by atoms with Crippen molar-refractivity contribution >= 4 is 41.0 Å². The average molecular weight is 371 g/mol. The van der Waals surface area contributed by atoms with E-state index in [0.29, 0.717) is 22.6 Å². The zero-order chi connectivity index (χ0) is 18.8. The number of carbonyl (C=O) groups excluding carboxylic acids is 3. The fraction of sp³-hybridized carbons (Fsp3) is 0.105. The summed E-state index contributed by atoms with van der Waals surface area (Å²) in [4.78, 5) is 36.9. The molecule has 0 fully saturated rings. The van der Waals surface area contributed by atoms with Crippen molar-refractivity contribution in [1.82, 2.24) is 0 Å². The van der Waals surface area contributed by atoms with E-state index in [9.17, 15) is 14.4 Å². The van der Waals surface area contributed by atoms with Crippen LogP contribution in [0.15, 0.2) is 48.2 Å². The van der Waals surface area contributed by atoms with Crippen molar-refractivity contribution in [3.8, 4) is 5.75 Å². The van der Waals surface area contributed by atoms with Crippen molar-refractivity contribution < 1.29 is 19.1 Å². The second-order valence-electron chi connectivity index (χ2n) is 5.68. The van der Waals surface area contributed by atoms with Gasteiger partial charge in [0.05, 0.1) is 16.4 Å². The Balaban J connectivity index is 1.97. The minimum Gasteiger partial charge on any atom is -0.482 e. The number of anilines is 1. The number of para-hydroxylation sites is 1. The molecule has 26 heavy (non-hydrogen) atoms. The number of allylic oxidation sites excluding steroid dienone is 1. The molecule has 1 heterocycles. The van der Waals surface area contributed by atoms with Gasteiger partial charge < -0.3 is 10.5 Å². The summed E-state index contributed by atoms with van der Waals surface area (Å²) in [5.41, 5.74) is 6.94. The Kier molecular flexibility index (Phi) is 4.77. The van der Waals surface area contributed by atoms with E-state index in [1.54, 1.807) is 48.5 Å². The zero-order valence-corrected chi connectivity index (χ0v) is 14.6. The number of primary amides is 1. The molecule has 7 heteroatoms. The molecule has 0 radical (unpaired) electrons. The second kappa shape index (κ2) is 7.01. The van der Waals surface area contributed by atoms with Gasteiger partial charge >= 0.3 is 0 Å². The van der Waals surface area contributed by atoms with Gasteiger partial charge in [0.2, 0.25) is 11.7 Å². The molecular weight excluding hydrogens is 356 g/mol. The van der Waals surface area contributed by atoms with E-state index in [1.165, 1.54) is 11.8 Å². The van der Waals surface area contributed by atoms with Crippen LogP contribution in [0.3, 0.4) is 0 Å². The monoisotopic (exact) mass is 370 g/mol. The van der Waals surface area contributed by atoms with E-state index in [1.807, 2.05) is 0 Å². The topological polar surface area (TPSA) is 89.7 Å². The summed E-state index contributed by atoms with van der Waals surface area (Å²) in [5, 5.41) is 0.262. The molecule has 0 aliphatic carbocycles. The fourth-order valence-electron chi connectivity index (χ4n) is 2.73. The number of hydrogen-bond donors (Lipinski definition) is 1. The number of hydrogen-bond acceptors (Lipinski definition) is 4. The Morgan fingerprint density at radius 3 is 2.62 bits per heavy atom. The van der Waals surface area contributed by atoms with E-state index < -0.39 is 5.91 Å². The summed E-state index contributed by atoms with van der Waals surface area (Å²) in [7, 11) is 0. The predicted molar refractivity (Wildman–Crippen MR) is 98.1 cm³/mol. The molecule has 2 amide bonds. The number of carbonyl (C=O) groups is 3. The van der Waals surface area contributed by atoms with Crippen LogP contribution < -0.4 is 15.4 Å². The lowest BCUT2D eigenvalue weighted by atomic mass is 10.1. The minimum absolute atomic E-state index is 0.235. The third-order valence-corrected chi connectivity index (χ3v) is 4.10. The molecular formula is C19H15ClN2O4. The third kappa shape index (κ3) is 3.32. The molecule has 0 unspecified atom stereocenters. The maximum Gasteiger partial charge on any atom is 0.255 e. The van der Waals surface area contributed by atoms with Gasteiger partial charge in [-0.3, -0.25) is 19.3 Å². The Morgan fingerprint density at radius 2 is 1.96 bits per heavy atom. The molecule has 132 valence electrons. The Hall–Kier alpha value is -3.12. The summed E-state index contributed by atoms with van der Waals surface area (Å²) >= 11 is 6.15. The van der Waals surface area contributed by atoms with Gasteiger partial charge in [-0.1, -0.05) is 29.8 Å². The smallest absolute Gasteiger partial charge is 0.255 e. The van der Waals surface area contributed by atoms with Crippen molar-refractivity contribution in [2.45, 2.75) is 6.92 Å². The molecule has 1 aliphatic rings. The lowest BCUT2D eigenvalue weighted by molar-refractivity contribution is -0.120. The number of rotatable bonds is 4. The molecule has 0 saturated heterocycles. The maximum absolute atomic E-state index is 12.7. The third-order valence-electron chi connectivity index (χ3n) is 3.81. The number of ether oxygens (including phenoxy) is 1. The summed E-state index contributed by atoms with van der Waals surface area (Å²) in [6, 6.07) is 11.8. The molecule has 2 aromatic carbocycles. The summed E-state index contributed by atoms with van der Waals surface area (Å²) in [6.07, 6.45) is 1.59. The fourth-order valence-corrected chi connectivity index (χ4v) is 2.97. The van der Waals surface area contributed by atoms with Crippen molar-refractivity contribution in [1.29, 1.82) is 0 Å². The summed E-state index contributed by atoms with van der Waals surface area (Å²) in [6.45, 7) is 1.11. The van der Waals surface area contributed by atoms with Crippen LogP contribution in [0.1, 0.15) is 22.8 Å². The zero-order valence-electron chi connectivity index (χ0n) is 13.9. The average Bonchev–Trinajstić information content (AvgIpc) is 2.87. The highest BCUT2D eigenvalue weighted by Gasteiger charge is 2.34. The van der Waals surface area contributed by atoms with Crippen LogP contribution in [-0.4, -0.2) is 24.2 Å². The molecule has 1 aliphatic heterocycles. The van der Waals surface area contributed by atoms with Crippen LogP contribution in [0.4, 0.5) is 5.69 Å². The van der Waals surface area contributed by atoms with E-state index in [4.69, 9.17) is 22.1 Å². The van der Waals surface area contributed by atoms with Gasteiger partial charge in [-0.05, 0) is 35.9 Å². The van der Waals surface area contributed by atoms with Gasteiger partial charge in [0, 0.05) is 12.5 Å². The molecule has 3 rings (SSSR count). The first-order valence-electron chi connectivity index (χ1n) is 7.75. The van der Waals surface area contributed by atoms with Crippen LogP contribution in [0.2, 0.25) is 5.02 Å². The van der Waals surface area contributed by atoms with Crippen LogP contribution in [0, 0.1) is 0 Å². The number of benzene rings is 2. The first-order chi connectivity index (χ1) is 12.4. The molecule has 0 aromatic heterocycles. The first-order valence-corrected chi connectivity index (χ1v) is 8.13. The Morgan fingerprint density at radius 1 is 1.23 bits per heavy atom. The van der Waals surface area contributed by atoms with E-state index in [-0.39, 0.29) is 29.0 Å². The van der Waals surface area contributed by atoms with E-state index >= 15 is 0 Å². The lowest BCUT2D eigenvalue weighted by Crippen LogP contribution is -2.25. The summed E-state index contributed by atoms with van der Waals surface area (Å²) < 4.78 is 5.20. The normalized spacial score (nSPS) is 14.5. The molecule has 2 N–H and O–H groups in total. The van der Waals surface area contributed by atoms with Gasteiger partial charge in [-0.25, -0.2) is 0 Å². The molecule has 6 nitrogen and oxygen atoms in total. The minimum atomic E-state index is -0.612. The molecule has 0 spiro atoms. The van der Waals surface area contributed by atoms with Crippen LogP contribution >= 0.6 is 11.6 Å². The maximum atomic E-state index is 12.7. The largest absolute Gasteiger partial charge is 0.482 e.